The zero-order valence-corrected chi connectivity index (χ0v) is 12.3. The molecule has 3 heterocycles. The van der Waals surface area contributed by atoms with Crippen molar-refractivity contribution in [2.24, 2.45) is 0 Å². The molecule has 1 N–H and O–H groups in total. The summed E-state index contributed by atoms with van der Waals surface area (Å²) in [4.78, 5) is 8.97. The summed E-state index contributed by atoms with van der Waals surface area (Å²) in [5.41, 5.74) is 3.14. The number of H-pyrrole nitrogens is 1. The SMILES string of the molecule is CC(C)c1ccc2c(-c3n[nH]c(C(C)C)n3)ncn2c1. The van der Waals surface area contributed by atoms with Crippen molar-refractivity contribution in [3.8, 4) is 11.5 Å². The molecule has 0 atom stereocenters. The molecule has 0 aromatic carbocycles. The molecule has 0 spiro atoms. The summed E-state index contributed by atoms with van der Waals surface area (Å²) in [6.45, 7) is 8.54. The lowest BCUT2D eigenvalue weighted by Crippen LogP contribution is -1.92. The Morgan fingerprint density at radius 2 is 1.90 bits per heavy atom. The van der Waals surface area contributed by atoms with Crippen LogP contribution in [0.4, 0.5) is 0 Å². The number of rotatable bonds is 3. The minimum Gasteiger partial charge on any atom is -0.305 e. The van der Waals surface area contributed by atoms with Crippen molar-refractivity contribution in [1.29, 1.82) is 0 Å². The first-order valence-electron chi connectivity index (χ1n) is 6.95. The van der Waals surface area contributed by atoms with Gasteiger partial charge in [-0.15, -0.1) is 0 Å². The Kier molecular flexibility index (Phi) is 3.04. The molecule has 0 radical (unpaired) electrons. The van der Waals surface area contributed by atoms with Crippen LogP contribution in [0.2, 0.25) is 0 Å². The monoisotopic (exact) mass is 269 g/mol. The summed E-state index contributed by atoms with van der Waals surface area (Å²) in [6.07, 6.45) is 3.94. The Morgan fingerprint density at radius 1 is 1.10 bits per heavy atom. The Hall–Kier alpha value is -2.17. The van der Waals surface area contributed by atoms with Crippen LogP contribution in [0.1, 0.15) is 50.9 Å². The smallest absolute Gasteiger partial charge is 0.202 e. The number of hydrogen-bond donors (Lipinski definition) is 1. The minimum absolute atomic E-state index is 0.331. The van der Waals surface area contributed by atoms with Crippen LogP contribution in [-0.4, -0.2) is 24.6 Å². The van der Waals surface area contributed by atoms with Crippen molar-refractivity contribution >= 4 is 5.52 Å². The maximum absolute atomic E-state index is 4.52. The molecule has 3 rings (SSSR count). The van der Waals surface area contributed by atoms with E-state index in [4.69, 9.17) is 0 Å². The Balaban J connectivity index is 2.07. The van der Waals surface area contributed by atoms with Gasteiger partial charge in [0.2, 0.25) is 5.82 Å². The minimum atomic E-state index is 0.331. The average Bonchev–Trinajstić information content (AvgIpc) is 3.03. The summed E-state index contributed by atoms with van der Waals surface area (Å²) in [7, 11) is 0. The number of hydrogen-bond acceptors (Lipinski definition) is 3. The molecular formula is C15H19N5. The molecule has 5 heteroatoms. The first kappa shape index (κ1) is 12.8. The van der Waals surface area contributed by atoms with Gasteiger partial charge in [0.1, 0.15) is 17.8 Å². The van der Waals surface area contributed by atoms with E-state index in [0.29, 0.717) is 17.7 Å². The summed E-state index contributed by atoms with van der Waals surface area (Å²) in [5.74, 6) is 2.38. The average molecular weight is 269 g/mol. The van der Waals surface area contributed by atoms with Crippen LogP contribution in [-0.2, 0) is 0 Å². The van der Waals surface area contributed by atoms with Crippen molar-refractivity contribution in [1.82, 2.24) is 24.6 Å². The molecule has 0 amide bonds. The van der Waals surface area contributed by atoms with E-state index in [-0.39, 0.29) is 0 Å². The van der Waals surface area contributed by atoms with Gasteiger partial charge in [0, 0.05) is 12.1 Å². The van der Waals surface area contributed by atoms with Gasteiger partial charge < -0.3 is 4.40 Å². The predicted molar refractivity (Wildman–Crippen MR) is 78.7 cm³/mol. The fourth-order valence-electron chi connectivity index (χ4n) is 2.17. The van der Waals surface area contributed by atoms with E-state index in [0.717, 1.165) is 17.0 Å². The van der Waals surface area contributed by atoms with Crippen molar-refractivity contribution < 1.29 is 0 Å². The highest BCUT2D eigenvalue weighted by Crippen LogP contribution is 2.23. The van der Waals surface area contributed by atoms with Crippen molar-refractivity contribution in [3.05, 3.63) is 36.0 Å². The van der Waals surface area contributed by atoms with Gasteiger partial charge in [0.05, 0.1) is 5.52 Å². The van der Waals surface area contributed by atoms with Crippen LogP contribution >= 0.6 is 0 Å². The Bertz CT molecular complexity index is 736. The zero-order valence-electron chi connectivity index (χ0n) is 12.3. The molecule has 0 fully saturated rings. The number of nitrogens with one attached hydrogen (secondary N) is 1. The van der Waals surface area contributed by atoms with Crippen LogP contribution in [0.5, 0.6) is 0 Å². The summed E-state index contributed by atoms with van der Waals surface area (Å²) in [5, 5.41) is 7.25. The highest BCUT2D eigenvalue weighted by Gasteiger charge is 2.14. The van der Waals surface area contributed by atoms with Gasteiger partial charge in [0.15, 0.2) is 0 Å². The maximum Gasteiger partial charge on any atom is 0.202 e. The molecular weight excluding hydrogens is 250 g/mol. The van der Waals surface area contributed by atoms with Gasteiger partial charge in [-0.2, -0.15) is 5.10 Å². The van der Waals surface area contributed by atoms with E-state index in [1.54, 1.807) is 0 Å². The Morgan fingerprint density at radius 3 is 2.55 bits per heavy atom. The van der Waals surface area contributed by atoms with Crippen LogP contribution in [0.15, 0.2) is 24.7 Å². The highest BCUT2D eigenvalue weighted by atomic mass is 15.2. The first-order valence-corrected chi connectivity index (χ1v) is 6.95. The van der Waals surface area contributed by atoms with E-state index in [1.807, 2.05) is 10.7 Å². The molecule has 0 aliphatic carbocycles. The molecule has 0 aliphatic rings. The fraction of sp³-hybridized carbons (Fsp3) is 0.400. The van der Waals surface area contributed by atoms with Gasteiger partial charge in [-0.1, -0.05) is 33.8 Å². The third kappa shape index (κ3) is 2.09. The maximum atomic E-state index is 4.52. The molecule has 0 aliphatic heterocycles. The number of nitrogens with zero attached hydrogens (tertiary/aromatic N) is 4. The van der Waals surface area contributed by atoms with Crippen LogP contribution < -0.4 is 0 Å². The molecule has 3 aromatic heterocycles. The van der Waals surface area contributed by atoms with Crippen LogP contribution in [0, 0.1) is 0 Å². The van der Waals surface area contributed by atoms with Gasteiger partial charge >= 0.3 is 0 Å². The summed E-state index contributed by atoms with van der Waals surface area (Å²) >= 11 is 0. The molecule has 20 heavy (non-hydrogen) atoms. The van der Waals surface area contributed by atoms with Gasteiger partial charge in [-0.05, 0) is 17.5 Å². The first-order chi connectivity index (χ1) is 9.56. The van der Waals surface area contributed by atoms with Gasteiger partial charge in [-0.25, -0.2) is 9.97 Å². The molecule has 0 unspecified atom stereocenters. The highest BCUT2D eigenvalue weighted by molar-refractivity contribution is 5.72. The second-order valence-electron chi connectivity index (χ2n) is 5.70. The van der Waals surface area contributed by atoms with Crippen molar-refractivity contribution in [2.75, 3.05) is 0 Å². The number of aromatic nitrogens is 5. The fourth-order valence-corrected chi connectivity index (χ4v) is 2.17. The largest absolute Gasteiger partial charge is 0.305 e. The third-order valence-electron chi connectivity index (χ3n) is 3.48. The predicted octanol–water partition coefficient (Wildman–Crippen LogP) is 3.37. The molecule has 5 nitrogen and oxygen atoms in total. The van der Waals surface area contributed by atoms with E-state index in [2.05, 4.69) is 66.2 Å². The van der Waals surface area contributed by atoms with Gasteiger partial charge in [0.25, 0.3) is 0 Å². The van der Waals surface area contributed by atoms with E-state index < -0.39 is 0 Å². The van der Waals surface area contributed by atoms with Crippen LogP contribution in [0.25, 0.3) is 17.0 Å². The lowest BCUT2D eigenvalue weighted by atomic mass is 10.1. The standard InChI is InChI=1S/C15H19N5/c1-9(2)11-5-6-12-13(16-8-20(12)7-11)15-17-14(10(3)4)18-19-15/h5-10H,1-4H3,(H,17,18,19). The van der Waals surface area contributed by atoms with E-state index in [9.17, 15) is 0 Å². The molecule has 0 saturated carbocycles. The zero-order chi connectivity index (χ0) is 14.3. The second kappa shape index (κ2) is 4.74. The molecule has 0 bridgehead atoms. The number of imidazole rings is 1. The summed E-state index contributed by atoms with van der Waals surface area (Å²) in [6, 6.07) is 4.23. The number of fused-ring (bicyclic) bond motifs is 1. The third-order valence-corrected chi connectivity index (χ3v) is 3.48. The Labute approximate surface area is 118 Å². The molecule has 0 saturated heterocycles. The van der Waals surface area contributed by atoms with Crippen molar-refractivity contribution in [3.63, 3.8) is 0 Å². The van der Waals surface area contributed by atoms with Crippen LogP contribution in [0.3, 0.4) is 0 Å². The number of aromatic amines is 1. The number of pyridine rings is 1. The van der Waals surface area contributed by atoms with Crippen molar-refractivity contribution in [2.45, 2.75) is 39.5 Å². The molecule has 3 aromatic rings. The molecule has 104 valence electrons. The summed E-state index contributed by atoms with van der Waals surface area (Å²) < 4.78 is 2.04. The van der Waals surface area contributed by atoms with E-state index >= 15 is 0 Å². The topological polar surface area (TPSA) is 58.9 Å². The second-order valence-corrected chi connectivity index (χ2v) is 5.70. The van der Waals surface area contributed by atoms with E-state index in [1.165, 1.54) is 5.56 Å². The normalized spacial score (nSPS) is 11.9. The lowest BCUT2D eigenvalue weighted by molar-refractivity contribution is 0.781. The quantitative estimate of drug-likeness (QED) is 0.793. The van der Waals surface area contributed by atoms with Gasteiger partial charge in [-0.3, -0.25) is 5.10 Å². The lowest BCUT2D eigenvalue weighted by Gasteiger charge is -2.05.